The van der Waals surface area contributed by atoms with E-state index in [1.165, 1.54) is 7.11 Å². The van der Waals surface area contributed by atoms with Crippen LogP contribution in [0.2, 0.25) is 0 Å². The maximum absolute atomic E-state index is 12.0. The lowest BCUT2D eigenvalue weighted by Crippen LogP contribution is -2.35. The minimum atomic E-state index is -0.412. The molecule has 0 N–H and O–H groups in total. The topological polar surface area (TPSA) is 61.8 Å². The normalized spacial score (nSPS) is 24.6. The molecule has 0 saturated carbocycles. The highest BCUT2D eigenvalue weighted by molar-refractivity contribution is 5.80. The minimum absolute atomic E-state index is 0.0937. The van der Waals surface area contributed by atoms with Crippen LogP contribution in [0.15, 0.2) is 0 Å². The van der Waals surface area contributed by atoms with Crippen molar-refractivity contribution < 1.29 is 23.8 Å². The Kier molecular flexibility index (Phi) is 6.84. The molecule has 1 aliphatic heterocycles. The van der Waals surface area contributed by atoms with Crippen LogP contribution in [0.4, 0.5) is 0 Å². The van der Waals surface area contributed by atoms with Gasteiger partial charge in [0.15, 0.2) is 0 Å². The summed E-state index contributed by atoms with van der Waals surface area (Å²) in [6.45, 7) is 4.80. The highest BCUT2D eigenvalue weighted by atomic mass is 16.5. The molecule has 110 valence electrons. The number of hydrogen-bond acceptors (Lipinski definition) is 5. The summed E-state index contributed by atoms with van der Waals surface area (Å²) in [4.78, 5) is 23.5. The summed E-state index contributed by atoms with van der Waals surface area (Å²) >= 11 is 0. The molecule has 19 heavy (non-hydrogen) atoms. The van der Waals surface area contributed by atoms with Crippen molar-refractivity contribution in [2.75, 3.05) is 20.3 Å². The maximum atomic E-state index is 12.0. The van der Waals surface area contributed by atoms with Gasteiger partial charge in [-0.1, -0.05) is 6.92 Å². The second-order valence-electron chi connectivity index (χ2n) is 4.82. The van der Waals surface area contributed by atoms with Crippen LogP contribution in [-0.4, -0.2) is 38.4 Å². The molecule has 0 spiro atoms. The van der Waals surface area contributed by atoms with Gasteiger partial charge in [-0.3, -0.25) is 9.59 Å². The quantitative estimate of drug-likeness (QED) is 0.691. The Morgan fingerprint density at radius 1 is 1.37 bits per heavy atom. The van der Waals surface area contributed by atoms with Gasteiger partial charge in [0.25, 0.3) is 0 Å². The van der Waals surface area contributed by atoms with E-state index in [2.05, 4.69) is 11.7 Å². The number of carbonyl (C=O) groups is 2. The summed E-state index contributed by atoms with van der Waals surface area (Å²) in [5.74, 6) is -0.936. The molecule has 0 aromatic carbocycles. The number of esters is 2. The van der Waals surface area contributed by atoms with Crippen molar-refractivity contribution in [2.45, 2.75) is 45.6 Å². The van der Waals surface area contributed by atoms with Gasteiger partial charge in [-0.15, -0.1) is 0 Å². The second-order valence-corrected chi connectivity index (χ2v) is 4.82. The predicted octanol–water partition coefficient (Wildman–Crippen LogP) is 1.93. The van der Waals surface area contributed by atoms with Crippen LogP contribution in [-0.2, 0) is 23.8 Å². The molecular weight excluding hydrogens is 248 g/mol. The number of hydrogen-bond donors (Lipinski definition) is 0. The Hall–Kier alpha value is -1.10. The van der Waals surface area contributed by atoms with E-state index in [1.54, 1.807) is 6.92 Å². The van der Waals surface area contributed by atoms with Crippen molar-refractivity contribution in [1.82, 2.24) is 0 Å². The van der Waals surface area contributed by atoms with Gasteiger partial charge in [0.1, 0.15) is 0 Å². The molecule has 0 amide bonds. The fourth-order valence-electron chi connectivity index (χ4n) is 2.51. The van der Waals surface area contributed by atoms with E-state index in [-0.39, 0.29) is 30.4 Å². The molecule has 5 nitrogen and oxygen atoms in total. The van der Waals surface area contributed by atoms with E-state index in [0.717, 1.165) is 19.3 Å². The van der Waals surface area contributed by atoms with Gasteiger partial charge >= 0.3 is 11.9 Å². The molecule has 0 aliphatic carbocycles. The third kappa shape index (κ3) is 4.82. The molecule has 1 heterocycles. The third-order valence-electron chi connectivity index (χ3n) is 3.64. The summed E-state index contributed by atoms with van der Waals surface area (Å²) in [5, 5.41) is 0. The Morgan fingerprint density at radius 3 is 2.68 bits per heavy atom. The zero-order valence-electron chi connectivity index (χ0n) is 12.0. The van der Waals surface area contributed by atoms with E-state index in [4.69, 9.17) is 9.47 Å². The van der Waals surface area contributed by atoms with Crippen LogP contribution in [0.1, 0.15) is 39.5 Å². The van der Waals surface area contributed by atoms with Gasteiger partial charge in [0.2, 0.25) is 0 Å². The van der Waals surface area contributed by atoms with E-state index in [0.29, 0.717) is 13.2 Å². The number of ether oxygens (including phenoxy) is 3. The van der Waals surface area contributed by atoms with Crippen molar-refractivity contribution in [3.8, 4) is 0 Å². The maximum Gasteiger partial charge on any atom is 0.309 e. The zero-order chi connectivity index (χ0) is 14.3. The van der Waals surface area contributed by atoms with Gasteiger partial charge in [-0.05, 0) is 32.1 Å². The summed E-state index contributed by atoms with van der Waals surface area (Å²) in [5.41, 5.74) is 0. The molecule has 0 unspecified atom stereocenters. The van der Waals surface area contributed by atoms with Gasteiger partial charge in [-0.2, -0.15) is 0 Å². The smallest absolute Gasteiger partial charge is 0.309 e. The lowest BCUT2D eigenvalue weighted by Gasteiger charge is -2.32. The van der Waals surface area contributed by atoms with Crippen LogP contribution in [0.5, 0.6) is 0 Å². The number of rotatable bonds is 6. The SMILES string of the molecule is CCOC(=O)[C@H](CC(=O)OC)[C@H]1CCO[C@H](CC)C1. The second kappa shape index (κ2) is 8.15. The molecule has 0 radical (unpaired) electrons. The number of carbonyl (C=O) groups excluding carboxylic acids is 2. The lowest BCUT2D eigenvalue weighted by atomic mass is 9.81. The highest BCUT2D eigenvalue weighted by Gasteiger charge is 2.35. The fraction of sp³-hybridized carbons (Fsp3) is 0.857. The average Bonchev–Trinajstić information content (AvgIpc) is 2.44. The molecule has 5 heteroatoms. The van der Waals surface area contributed by atoms with Crippen molar-refractivity contribution in [2.24, 2.45) is 11.8 Å². The van der Waals surface area contributed by atoms with Crippen molar-refractivity contribution in [3.63, 3.8) is 0 Å². The van der Waals surface area contributed by atoms with Crippen LogP contribution in [0.3, 0.4) is 0 Å². The van der Waals surface area contributed by atoms with Crippen LogP contribution in [0, 0.1) is 11.8 Å². The van der Waals surface area contributed by atoms with Crippen molar-refractivity contribution in [3.05, 3.63) is 0 Å². The Balaban J connectivity index is 2.70. The van der Waals surface area contributed by atoms with E-state index in [1.807, 2.05) is 0 Å². The van der Waals surface area contributed by atoms with Crippen molar-refractivity contribution in [1.29, 1.82) is 0 Å². The third-order valence-corrected chi connectivity index (χ3v) is 3.64. The highest BCUT2D eigenvalue weighted by Crippen LogP contribution is 2.31. The molecular formula is C14H24O5. The van der Waals surface area contributed by atoms with Gasteiger partial charge < -0.3 is 14.2 Å². The lowest BCUT2D eigenvalue weighted by molar-refractivity contribution is -0.158. The van der Waals surface area contributed by atoms with Gasteiger partial charge in [0, 0.05) is 6.61 Å². The average molecular weight is 272 g/mol. The summed E-state index contributed by atoms with van der Waals surface area (Å²) < 4.78 is 15.4. The molecule has 0 aromatic heterocycles. The van der Waals surface area contributed by atoms with E-state index < -0.39 is 5.92 Å². The Bertz CT molecular complexity index is 302. The molecule has 1 aliphatic rings. The van der Waals surface area contributed by atoms with Crippen molar-refractivity contribution >= 4 is 11.9 Å². The van der Waals surface area contributed by atoms with Crippen LogP contribution < -0.4 is 0 Å². The van der Waals surface area contributed by atoms with Gasteiger partial charge in [0.05, 0.1) is 32.2 Å². The molecule has 1 rings (SSSR count). The standard InChI is InChI=1S/C14H24O5/c1-4-11-8-10(6-7-19-11)12(9-13(15)17-3)14(16)18-5-2/h10-12H,4-9H2,1-3H3/t10-,11+,12+/m0/s1. The first-order valence-electron chi connectivity index (χ1n) is 6.97. The Morgan fingerprint density at radius 2 is 2.11 bits per heavy atom. The first-order chi connectivity index (χ1) is 9.12. The largest absolute Gasteiger partial charge is 0.469 e. The fourth-order valence-corrected chi connectivity index (χ4v) is 2.51. The molecule has 1 fully saturated rings. The molecule has 1 saturated heterocycles. The zero-order valence-corrected chi connectivity index (χ0v) is 12.0. The van der Waals surface area contributed by atoms with Crippen LogP contribution in [0.25, 0.3) is 0 Å². The van der Waals surface area contributed by atoms with E-state index >= 15 is 0 Å². The molecule has 0 bridgehead atoms. The first kappa shape index (κ1) is 16.0. The number of methoxy groups -OCH3 is 1. The summed E-state index contributed by atoms with van der Waals surface area (Å²) in [6, 6.07) is 0. The molecule has 0 aromatic rings. The summed E-state index contributed by atoms with van der Waals surface area (Å²) in [7, 11) is 1.34. The summed E-state index contributed by atoms with van der Waals surface area (Å²) in [6.07, 6.45) is 2.78. The van der Waals surface area contributed by atoms with Gasteiger partial charge in [-0.25, -0.2) is 0 Å². The van der Waals surface area contributed by atoms with Crippen LogP contribution >= 0.6 is 0 Å². The predicted molar refractivity (Wildman–Crippen MR) is 69.5 cm³/mol. The Labute approximate surface area is 114 Å². The first-order valence-corrected chi connectivity index (χ1v) is 6.97. The monoisotopic (exact) mass is 272 g/mol. The van der Waals surface area contributed by atoms with E-state index in [9.17, 15) is 9.59 Å². The minimum Gasteiger partial charge on any atom is -0.469 e. The molecule has 3 atom stereocenters.